The molecule has 0 saturated heterocycles. The first-order valence-electron chi connectivity index (χ1n) is 7.11. The minimum Gasteiger partial charge on any atom is -0.332 e. The molecule has 1 aliphatic heterocycles. The van der Waals surface area contributed by atoms with Gasteiger partial charge in [0.25, 0.3) is 0 Å². The van der Waals surface area contributed by atoms with Crippen molar-refractivity contribution in [3.63, 3.8) is 0 Å². The summed E-state index contributed by atoms with van der Waals surface area (Å²) in [7, 11) is 0. The van der Waals surface area contributed by atoms with Crippen molar-refractivity contribution in [2.45, 2.75) is 65.0 Å². The predicted octanol–water partition coefficient (Wildman–Crippen LogP) is 3.06. The molecular formula is C14H25N3. The number of nitrogens with one attached hydrogen (secondary N) is 1. The summed E-state index contributed by atoms with van der Waals surface area (Å²) in [4.78, 5) is 4.80. The van der Waals surface area contributed by atoms with Crippen molar-refractivity contribution in [3.05, 3.63) is 17.7 Å². The topological polar surface area (TPSA) is 29.9 Å². The molecule has 2 heterocycles. The van der Waals surface area contributed by atoms with Crippen molar-refractivity contribution < 1.29 is 0 Å². The minimum absolute atomic E-state index is 0.666. The molecule has 0 aliphatic carbocycles. The summed E-state index contributed by atoms with van der Waals surface area (Å²) in [5, 5.41) is 3.38. The Morgan fingerprint density at radius 2 is 2.29 bits per heavy atom. The molecule has 0 saturated carbocycles. The summed E-state index contributed by atoms with van der Waals surface area (Å²) in [5.74, 6) is 1.89. The summed E-state index contributed by atoms with van der Waals surface area (Å²) in [6.07, 6.45) is 8.80. The van der Waals surface area contributed by atoms with Crippen LogP contribution in [-0.4, -0.2) is 16.1 Å². The van der Waals surface area contributed by atoms with E-state index in [1.54, 1.807) is 0 Å². The third-order valence-corrected chi connectivity index (χ3v) is 3.76. The highest BCUT2D eigenvalue weighted by Gasteiger charge is 2.17. The van der Waals surface area contributed by atoms with Gasteiger partial charge in [-0.25, -0.2) is 4.98 Å². The lowest BCUT2D eigenvalue weighted by Crippen LogP contribution is -2.27. The molecule has 0 bridgehead atoms. The van der Waals surface area contributed by atoms with E-state index < -0.39 is 0 Å². The van der Waals surface area contributed by atoms with Crippen LogP contribution in [0.4, 0.5) is 0 Å². The van der Waals surface area contributed by atoms with Gasteiger partial charge in [-0.2, -0.15) is 0 Å². The second-order valence-electron chi connectivity index (χ2n) is 5.05. The normalized spacial score (nSPS) is 16.8. The summed E-state index contributed by atoms with van der Waals surface area (Å²) in [5.41, 5.74) is 1.32. The molecule has 17 heavy (non-hydrogen) atoms. The maximum Gasteiger partial charge on any atom is 0.123 e. The quantitative estimate of drug-likeness (QED) is 0.768. The van der Waals surface area contributed by atoms with Gasteiger partial charge in [-0.05, 0) is 12.8 Å². The van der Waals surface area contributed by atoms with Crippen LogP contribution in [-0.2, 0) is 13.1 Å². The van der Waals surface area contributed by atoms with Crippen LogP contribution < -0.4 is 5.32 Å². The summed E-state index contributed by atoms with van der Waals surface area (Å²) < 4.78 is 2.33. The molecule has 0 fully saturated rings. The molecular weight excluding hydrogens is 210 g/mol. The Balaban J connectivity index is 2.00. The van der Waals surface area contributed by atoms with Crippen LogP contribution in [0.2, 0.25) is 0 Å². The number of nitrogens with zero attached hydrogens (tertiary/aromatic N) is 2. The molecule has 0 amide bonds. The Bertz CT molecular complexity index is 320. The fourth-order valence-electron chi connectivity index (χ4n) is 2.61. The molecule has 1 aromatic heterocycles. The predicted molar refractivity (Wildman–Crippen MR) is 71.1 cm³/mol. The zero-order valence-electron chi connectivity index (χ0n) is 11.2. The molecule has 0 radical (unpaired) electrons. The van der Waals surface area contributed by atoms with Gasteiger partial charge in [-0.15, -0.1) is 0 Å². The van der Waals surface area contributed by atoms with Gasteiger partial charge in [0, 0.05) is 25.2 Å². The third kappa shape index (κ3) is 3.09. The van der Waals surface area contributed by atoms with Crippen molar-refractivity contribution in [3.8, 4) is 0 Å². The van der Waals surface area contributed by atoms with E-state index in [2.05, 4.69) is 29.9 Å². The monoisotopic (exact) mass is 235 g/mol. The van der Waals surface area contributed by atoms with Crippen molar-refractivity contribution >= 4 is 0 Å². The number of hydrogen-bond acceptors (Lipinski definition) is 2. The maximum atomic E-state index is 4.80. The average molecular weight is 235 g/mol. The van der Waals surface area contributed by atoms with Gasteiger partial charge in [-0.1, -0.05) is 33.1 Å². The lowest BCUT2D eigenvalue weighted by atomic mass is 9.96. The molecule has 3 heteroatoms. The summed E-state index contributed by atoms with van der Waals surface area (Å²) >= 11 is 0. The molecule has 3 nitrogen and oxygen atoms in total. The van der Waals surface area contributed by atoms with Crippen molar-refractivity contribution in [2.24, 2.45) is 0 Å². The van der Waals surface area contributed by atoms with Crippen molar-refractivity contribution in [1.82, 2.24) is 14.9 Å². The van der Waals surface area contributed by atoms with Crippen LogP contribution in [0.1, 0.15) is 63.4 Å². The van der Waals surface area contributed by atoms with Crippen LogP contribution in [0.25, 0.3) is 0 Å². The number of aromatic nitrogens is 2. The van der Waals surface area contributed by atoms with Crippen LogP contribution >= 0.6 is 0 Å². The standard InChI is InChI=1S/C14H25N3/c1-3-5-6-7-12(4-2)13-11-17-9-8-15-10-14(17)16-13/h11-12,15H,3-10H2,1-2H3. The molecule has 1 aliphatic rings. The Morgan fingerprint density at radius 3 is 3.00 bits per heavy atom. The number of imidazole rings is 1. The van der Waals surface area contributed by atoms with Gasteiger partial charge in [0.05, 0.1) is 12.2 Å². The first-order valence-corrected chi connectivity index (χ1v) is 7.11. The van der Waals surface area contributed by atoms with E-state index in [9.17, 15) is 0 Å². The van der Waals surface area contributed by atoms with Gasteiger partial charge in [-0.3, -0.25) is 0 Å². The molecule has 1 N–H and O–H groups in total. The lowest BCUT2D eigenvalue weighted by molar-refractivity contribution is 0.505. The molecule has 1 atom stereocenters. The number of fused-ring (bicyclic) bond motifs is 1. The van der Waals surface area contributed by atoms with E-state index in [1.807, 2.05) is 0 Å². The van der Waals surface area contributed by atoms with E-state index in [-0.39, 0.29) is 0 Å². The second kappa shape index (κ2) is 6.20. The Kier molecular flexibility index (Phi) is 4.60. The molecule has 2 rings (SSSR count). The van der Waals surface area contributed by atoms with Gasteiger partial charge < -0.3 is 9.88 Å². The first kappa shape index (κ1) is 12.6. The third-order valence-electron chi connectivity index (χ3n) is 3.76. The lowest BCUT2D eigenvalue weighted by Gasteiger charge is -2.13. The van der Waals surface area contributed by atoms with E-state index in [1.165, 1.54) is 43.6 Å². The Morgan fingerprint density at radius 1 is 1.41 bits per heavy atom. The highest BCUT2D eigenvalue weighted by Crippen LogP contribution is 2.25. The van der Waals surface area contributed by atoms with Crippen molar-refractivity contribution in [2.75, 3.05) is 6.54 Å². The fourth-order valence-corrected chi connectivity index (χ4v) is 2.61. The second-order valence-corrected chi connectivity index (χ2v) is 5.05. The SMILES string of the molecule is CCCCCC(CC)c1cn2c(n1)CNCC2. The van der Waals surface area contributed by atoms with Crippen LogP contribution in [0.15, 0.2) is 6.20 Å². The zero-order chi connectivity index (χ0) is 12.1. The highest BCUT2D eigenvalue weighted by molar-refractivity contribution is 5.11. The molecule has 0 aromatic carbocycles. The largest absolute Gasteiger partial charge is 0.332 e. The fraction of sp³-hybridized carbons (Fsp3) is 0.786. The number of rotatable bonds is 6. The minimum atomic E-state index is 0.666. The summed E-state index contributed by atoms with van der Waals surface area (Å²) in [6, 6.07) is 0. The molecule has 0 spiro atoms. The average Bonchev–Trinajstić information content (AvgIpc) is 2.78. The van der Waals surface area contributed by atoms with Gasteiger partial charge in [0.15, 0.2) is 0 Å². The number of hydrogen-bond donors (Lipinski definition) is 1. The van der Waals surface area contributed by atoms with E-state index in [0.717, 1.165) is 19.6 Å². The van der Waals surface area contributed by atoms with Crippen LogP contribution in [0.5, 0.6) is 0 Å². The maximum absolute atomic E-state index is 4.80. The molecule has 1 aromatic rings. The highest BCUT2D eigenvalue weighted by atomic mass is 15.1. The smallest absolute Gasteiger partial charge is 0.123 e. The van der Waals surface area contributed by atoms with E-state index in [0.29, 0.717) is 5.92 Å². The van der Waals surface area contributed by atoms with E-state index >= 15 is 0 Å². The van der Waals surface area contributed by atoms with Gasteiger partial charge >= 0.3 is 0 Å². The van der Waals surface area contributed by atoms with E-state index in [4.69, 9.17) is 4.98 Å². The van der Waals surface area contributed by atoms with Gasteiger partial charge in [0.2, 0.25) is 0 Å². The number of unbranched alkanes of at least 4 members (excludes halogenated alkanes) is 2. The van der Waals surface area contributed by atoms with Crippen LogP contribution in [0, 0.1) is 0 Å². The van der Waals surface area contributed by atoms with Crippen molar-refractivity contribution in [1.29, 1.82) is 0 Å². The Labute approximate surface area is 105 Å². The molecule has 1 unspecified atom stereocenters. The molecule has 96 valence electrons. The Hall–Kier alpha value is -0.830. The summed E-state index contributed by atoms with van der Waals surface area (Å²) in [6.45, 7) is 7.64. The van der Waals surface area contributed by atoms with Gasteiger partial charge in [0.1, 0.15) is 5.82 Å². The first-order chi connectivity index (χ1) is 8.35. The van der Waals surface area contributed by atoms with Crippen LogP contribution in [0.3, 0.4) is 0 Å². The zero-order valence-corrected chi connectivity index (χ0v) is 11.2.